The fourth-order valence-electron chi connectivity index (χ4n) is 1.27. The summed E-state index contributed by atoms with van der Waals surface area (Å²) in [5, 5.41) is 12.5. The lowest BCUT2D eigenvalue weighted by Crippen LogP contribution is -2.04. The number of hydrogen-bond donors (Lipinski definition) is 1. The first-order valence-electron chi connectivity index (χ1n) is 5.17. The van der Waals surface area contributed by atoms with E-state index in [1.165, 1.54) is 0 Å². The number of aryl methyl sites for hydroxylation is 1. The van der Waals surface area contributed by atoms with Crippen LogP contribution in [0.2, 0.25) is 0 Å². The molecule has 0 atom stereocenters. The Balaban J connectivity index is 1.75. The molecule has 0 saturated carbocycles. The van der Waals surface area contributed by atoms with Crippen molar-refractivity contribution in [3.63, 3.8) is 0 Å². The van der Waals surface area contributed by atoms with Gasteiger partial charge in [-0.15, -0.1) is 10.2 Å². The second-order valence-electron chi connectivity index (χ2n) is 3.34. The van der Waals surface area contributed by atoms with E-state index in [0.717, 1.165) is 31.8 Å². The van der Waals surface area contributed by atoms with Crippen molar-refractivity contribution in [2.45, 2.75) is 11.3 Å². The van der Waals surface area contributed by atoms with Crippen molar-refractivity contribution in [1.29, 1.82) is 0 Å². The SMILES string of the molecule is Cc1nnc(SCCNc2ccccc2Br)s1. The number of halogens is 1. The Hall–Kier alpha value is -0.590. The maximum absolute atomic E-state index is 4.07. The summed E-state index contributed by atoms with van der Waals surface area (Å²) in [6, 6.07) is 8.12. The van der Waals surface area contributed by atoms with Crippen molar-refractivity contribution in [2.75, 3.05) is 17.6 Å². The zero-order valence-electron chi connectivity index (χ0n) is 9.31. The summed E-state index contributed by atoms with van der Waals surface area (Å²) in [6.07, 6.45) is 0. The monoisotopic (exact) mass is 329 g/mol. The molecule has 0 unspecified atom stereocenters. The van der Waals surface area contributed by atoms with Crippen LogP contribution in [0.4, 0.5) is 5.69 Å². The molecule has 0 aliphatic rings. The molecule has 1 heterocycles. The lowest BCUT2D eigenvalue weighted by Gasteiger charge is -2.06. The van der Waals surface area contributed by atoms with E-state index in [9.17, 15) is 0 Å². The lowest BCUT2D eigenvalue weighted by molar-refractivity contribution is 0.983. The molecule has 0 amide bonds. The van der Waals surface area contributed by atoms with Gasteiger partial charge in [-0.3, -0.25) is 0 Å². The molecule has 2 aromatic rings. The molecule has 0 aliphatic carbocycles. The number of aromatic nitrogens is 2. The molecule has 0 radical (unpaired) electrons. The van der Waals surface area contributed by atoms with Crippen molar-refractivity contribution in [1.82, 2.24) is 10.2 Å². The van der Waals surface area contributed by atoms with Gasteiger partial charge < -0.3 is 5.32 Å². The molecule has 0 aliphatic heterocycles. The summed E-state index contributed by atoms with van der Waals surface area (Å²) in [5.41, 5.74) is 1.13. The van der Waals surface area contributed by atoms with Gasteiger partial charge in [0, 0.05) is 22.5 Å². The Bertz CT molecular complexity index is 487. The number of benzene rings is 1. The first kappa shape index (κ1) is 12.9. The summed E-state index contributed by atoms with van der Waals surface area (Å²) in [6.45, 7) is 2.88. The zero-order chi connectivity index (χ0) is 12.1. The van der Waals surface area contributed by atoms with Gasteiger partial charge >= 0.3 is 0 Å². The zero-order valence-corrected chi connectivity index (χ0v) is 12.5. The van der Waals surface area contributed by atoms with Gasteiger partial charge in [-0.25, -0.2) is 0 Å². The van der Waals surface area contributed by atoms with Crippen LogP contribution in [0.15, 0.2) is 33.1 Å². The van der Waals surface area contributed by atoms with Crippen LogP contribution < -0.4 is 5.32 Å². The second kappa shape index (κ2) is 6.37. The molecular weight excluding hydrogens is 318 g/mol. The van der Waals surface area contributed by atoms with Gasteiger partial charge in [0.2, 0.25) is 0 Å². The lowest BCUT2D eigenvalue weighted by atomic mass is 10.3. The van der Waals surface area contributed by atoms with Crippen LogP contribution in [-0.4, -0.2) is 22.5 Å². The van der Waals surface area contributed by atoms with Crippen LogP contribution >= 0.6 is 39.0 Å². The minimum atomic E-state index is 0.909. The number of nitrogens with one attached hydrogen (secondary N) is 1. The Morgan fingerprint density at radius 1 is 1.35 bits per heavy atom. The highest BCUT2D eigenvalue weighted by Crippen LogP contribution is 2.23. The highest BCUT2D eigenvalue weighted by molar-refractivity contribution is 9.10. The summed E-state index contributed by atoms with van der Waals surface area (Å²) in [5.74, 6) is 0.982. The number of para-hydroxylation sites is 1. The normalized spacial score (nSPS) is 10.5. The third-order valence-corrected chi connectivity index (χ3v) is 4.69. The molecule has 0 fully saturated rings. The van der Waals surface area contributed by atoms with Gasteiger partial charge in [0.05, 0.1) is 0 Å². The quantitative estimate of drug-likeness (QED) is 0.668. The third-order valence-electron chi connectivity index (χ3n) is 2.02. The smallest absolute Gasteiger partial charge is 0.174 e. The summed E-state index contributed by atoms with van der Waals surface area (Å²) >= 11 is 6.88. The van der Waals surface area contributed by atoms with Gasteiger partial charge in [-0.05, 0) is 35.0 Å². The number of thioether (sulfide) groups is 1. The van der Waals surface area contributed by atoms with Crippen LogP contribution in [0.25, 0.3) is 0 Å². The van der Waals surface area contributed by atoms with E-state index >= 15 is 0 Å². The van der Waals surface area contributed by atoms with Crippen molar-refractivity contribution < 1.29 is 0 Å². The van der Waals surface area contributed by atoms with E-state index in [1.807, 2.05) is 25.1 Å². The maximum Gasteiger partial charge on any atom is 0.174 e. The van der Waals surface area contributed by atoms with Gasteiger partial charge in [-0.2, -0.15) is 0 Å². The van der Waals surface area contributed by atoms with Crippen LogP contribution in [-0.2, 0) is 0 Å². The number of rotatable bonds is 5. The minimum absolute atomic E-state index is 0.909. The highest BCUT2D eigenvalue weighted by atomic mass is 79.9. The van der Waals surface area contributed by atoms with E-state index in [1.54, 1.807) is 23.1 Å². The Morgan fingerprint density at radius 2 is 2.18 bits per heavy atom. The largest absolute Gasteiger partial charge is 0.383 e. The Kier molecular flexibility index (Phi) is 4.82. The number of anilines is 1. The summed E-state index contributed by atoms with van der Waals surface area (Å²) in [4.78, 5) is 0. The standard InChI is InChI=1S/C11H12BrN3S2/c1-8-14-15-11(17-8)16-7-6-13-10-5-3-2-4-9(10)12/h2-5,13H,6-7H2,1H3. The van der Waals surface area contributed by atoms with E-state index in [4.69, 9.17) is 0 Å². The first-order chi connectivity index (χ1) is 8.25. The van der Waals surface area contributed by atoms with Crippen LogP contribution in [0, 0.1) is 6.92 Å². The fourth-order valence-corrected chi connectivity index (χ4v) is 3.43. The van der Waals surface area contributed by atoms with Crippen molar-refractivity contribution in [3.8, 4) is 0 Å². The molecule has 0 saturated heterocycles. The van der Waals surface area contributed by atoms with Crippen LogP contribution in [0.3, 0.4) is 0 Å². The molecule has 17 heavy (non-hydrogen) atoms. The molecule has 2 rings (SSSR count). The molecule has 0 spiro atoms. The Morgan fingerprint density at radius 3 is 2.88 bits per heavy atom. The van der Waals surface area contributed by atoms with Crippen molar-refractivity contribution in [2.24, 2.45) is 0 Å². The molecule has 90 valence electrons. The summed E-state index contributed by atoms with van der Waals surface area (Å²) in [7, 11) is 0. The molecule has 1 aromatic heterocycles. The highest BCUT2D eigenvalue weighted by Gasteiger charge is 2.01. The second-order valence-corrected chi connectivity index (χ2v) is 6.72. The topological polar surface area (TPSA) is 37.8 Å². The van der Waals surface area contributed by atoms with Gasteiger partial charge in [0.1, 0.15) is 5.01 Å². The minimum Gasteiger partial charge on any atom is -0.383 e. The Labute approximate surface area is 117 Å². The van der Waals surface area contributed by atoms with E-state index in [-0.39, 0.29) is 0 Å². The van der Waals surface area contributed by atoms with Gasteiger partial charge in [0.25, 0.3) is 0 Å². The van der Waals surface area contributed by atoms with E-state index < -0.39 is 0 Å². The average Bonchev–Trinajstić information content (AvgIpc) is 2.73. The predicted octanol–water partition coefficient (Wildman–Crippen LogP) is 3.81. The molecule has 0 bridgehead atoms. The third kappa shape index (κ3) is 3.97. The fraction of sp³-hybridized carbons (Fsp3) is 0.273. The van der Waals surface area contributed by atoms with Gasteiger partial charge in [-0.1, -0.05) is 35.2 Å². The van der Waals surface area contributed by atoms with E-state index in [2.05, 4.69) is 37.5 Å². The molecule has 3 nitrogen and oxygen atoms in total. The molecule has 6 heteroatoms. The average molecular weight is 330 g/mol. The molecule has 1 aromatic carbocycles. The number of hydrogen-bond acceptors (Lipinski definition) is 5. The molecule has 1 N–H and O–H groups in total. The van der Waals surface area contributed by atoms with E-state index in [0.29, 0.717) is 0 Å². The molecular formula is C11H12BrN3S2. The maximum atomic E-state index is 4.07. The van der Waals surface area contributed by atoms with Crippen LogP contribution in [0.1, 0.15) is 5.01 Å². The van der Waals surface area contributed by atoms with Crippen molar-refractivity contribution in [3.05, 3.63) is 33.7 Å². The predicted molar refractivity (Wildman–Crippen MR) is 78.0 cm³/mol. The van der Waals surface area contributed by atoms with Crippen molar-refractivity contribution >= 4 is 44.7 Å². The van der Waals surface area contributed by atoms with Crippen LogP contribution in [0.5, 0.6) is 0 Å². The van der Waals surface area contributed by atoms with Gasteiger partial charge in [0.15, 0.2) is 4.34 Å². The number of nitrogens with zero attached hydrogens (tertiary/aromatic N) is 2. The first-order valence-corrected chi connectivity index (χ1v) is 7.76. The summed E-state index contributed by atoms with van der Waals surface area (Å²) < 4.78 is 2.13.